The summed E-state index contributed by atoms with van der Waals surface area (Å²) < 4.78 is 28.6. The van der Waals surface area contributed by atoms with Gasteiger partial charge in [-0.05, 0) is 53.0 Å². The maximum Gasteiger partial charge on any atom is 0.192 e. The molecule has 4 rings (SSSR count). The van der Waals surface area contributed by atoms with Crippen molar-refractivity contribution >= 4 is 24.5 Å². The van der Waals surface area contributed by atoms with E-state index in [0.717, 1.165) is 16.7 Å². The van der Waals surface area contributed by atoms with E-state index in [9.17, 15) is 5.11 Å². The highest BCUT2D eigenvalue weighted by Crippen LogP contribution is 2.48. The first-order valence-electron chi connectivity index (χ1n) is 16.4. The smallest absolute Gasteiger partial charge is 0.192 e. The van der Waals surface area contributed by atoms with Gasteiger partial charge in [-0.1, -0.05) is 133 Å². The van der Waals surface area contributed by atoms with Crippen LogP contribution in [0.5, 0.6) is 0 Å². The fourth-order valence-electron chi connectivity index (χ4n) is 5.68. The van der Waals surface area contributed by atoms with Crippen molar-refractivity contribution in [3.8, 4) is 0 Å². The number of aliphatic hydroxyl groups is 1. The van der Waals surface area contributed by atoms with Gasteiger partial charge in [-0.3, -0.25) is 0 Å². The molecule has 4 atom stereocenters. The summed E-state index contributed by atoms with van der Waals surface area (Å²) in [6, 6.07) is 30.7. The maximum atomic E-state index is 11.4. The van der Waals surface area contributed by atoms with Crippen LogP contribution >= 0.6 is 0 Å². The van der Waals surface area contributed by atoms with Gasteiger partial charge in [-0.25, -0.2) is 0 Å². The largest absolute Gasteiger partial charge is 0.409 e. The summed E-state index contributed by atoms with van der Waals surface area (Å²) in [7, 11) is -2.53. The van der Waals surface area contributed by atoms with Crippen LogP contribution in [0.2, 0.25) is 36.3 Å². The van der Waals surface area contributed by atoms with Crippen molar-refractivity contribution in [1.29, 1.82) is 0 Å². The molecule has 0 aliphatic carbocycles. The highest BCUT2D eigenvalue weighted by molar-refractivity contribution is 6.74. The van der Waals surface area contributed by atoms with E-state index >= 15 is 0 Å². The monoisotopic (exact) mass is 646 g/mol. The Morgan fingerprint density at radius 1 is 0.689 bits per heavy atom. The van der Waals surface area contributed by atoms with Gasteiger partial charge in [0.2, 0.25) is 0 Å². The van der Waals surface area contributed by atoms with Gasteiger partial charge in [0.25, 0.3) is 0 Å². The Morgan fingerprint density at radius 2 is 1.07 bits per heavy atom. The average molecular weight is 647 g/mol. The van der Waals surface area contributed by atoms with Crippen molar-refractivity contribution < 1.29 is 23.4 Å². The molecule has 0 aromatic heterocycles. The molecule has 1 fully saturated rings. The molecule has 45 heavy (non-hydrogen) atoms. The van der Waals surface area contributed by atoms with Crippen molar-refractivity contribution in [1.82, 2.24) is 0 Å². The molecule has 1 aliphatic heterocycles. The SMILES string of the molecule is B[C@@H]1O[C@@](CO)(COC(c2ccccc2)(c2ccccc2)c2ccccc2)[C@@H](O[Si](C)(C)C(C)(C)C)[C@H]1O[Si](C)(C)C(C)(C)C. The van der Waals surface area contributed by atoms with E-state index in [1.165, 1.54) is 0 Å². The molecule has 0 unspecified atom stereocenters. The van der Waals surface area contributed by atoms with Crippen LogP contribution in [-0.4, -0.2) is 66.6 Å². The molecular formula is C37H55BO5Si2. The number of hydrogen-bond acceptors (Lipinski definition) is 5. The van der Waals surface area contributed by atoms with Gasteiger partial charge < -0.3 is 23.4 Å². The van der Waals surface area contributed by atoms with E-state index in [1.807, 2.05) is 54.6 Å². The molecule has 0 radical (unpaired) electrons. The van der Waals surface area contributed by atoms with E-state index in [1.54, 1.807) is 0 Å². The van der Waals surface area contributed by atoms with Crippen LogP contribution < -0.4 is 0 Å². The predicted octanol–water partition coefficient (Wildman–Crippen LogP) is 7.50. The number of benzene rings is 3. The van der Waals surface area contributed by atoms with E-state index in [0.29, 0.717) is 0 Å². The fourth-order valence-corrected chi connectivity index (χ4v) is 8.37. The zero-order chi connectivity index (χ0) is 33.3. The minimum absolute atomic E-state index is 0.00170. The van der Waals surface area contributed by atoms with E-state index in [-0.39, 0.29) is 35.4 Å². The van der Waals surface area contributed by atoms with Crippen LogP contribution in [0.1, 0.15) is 58.2 Å². The maximum absolute atomic E-state index is 11.4. The minimum Gasteiger partial charge on any atom is -0.409 e. The van der Waals surface area contributed by atoms with Crippen molar-refractivity contribution in [2.24, 2.45) is 0 Å². The summed E-state index contributed by atoms with van der Waals surface area (Å²) in [5, 5.41) is 11.3. The second-order valence-corrected chi connectivity index (χ2v) is 25.3. The van der Waals surface area contributed by atoms with Crippen LogP contribution in [0.4, 0.5) is 0 Å². The Morgan fingerprint density at radius 3 is 1.42 bits per heavy atom. The molecule has 244 valence electrons. The lowest BCUT2D eigenvalue weighted by molar-refractivity contribution is -0.157. The van der Waals surface area contributed by atoms with Gasteiger partial charge in [0.1, 0.15) is 25.2 Å². The first kappa shape index (κ1) is 35.8. The molecule has 1 N–H and O–H groups in total. The van der Waals surface area contributed by atoms with Crippen molar-refractivity contribution in [3.63, 3.8) is 0 Å². The molecule has 0 spiro atoms. The quantitative estimate of drug-likeness (QED) is 0.173. The third-order valence-corrected chi connectivity index (χ3v) is 19.4. The van der Waals surface area contributed by atoms with Gasteiger partial charge in [-0.15, -0.1) is 0 Å². The summed E-state index contributed by atoms with van der Waals surface area (Å²) in [5.41, 5.74) is 0.886. The van der Waals surface area contributed by atoms with E-state index in [4.69, 9.17) is 18.3 Å². The lowest BCUT2D eigenvalue weighted by atomic mass is 9.79. The van der Waals surface area contributed by atoms with Gasteiger partial charge in [0.15, 0.2) is 16.6 Å². The number of rotatable bonds is 11. The first-order valence-corrected chi connectivity index (χ1v) is 22.2. The molecule has 1 aliphatic rings. The molecule has 8 heteroatoms. The summed E-state index contributed by atoms with van der Waals surface area (Å²) >= 11 is 0. The summed E-state index contributed by atoms with van der Waals surface area (Å²) in [6.07, 6.45) is -0.872. The number of aliphatic hydroxyl groups excluding tert-OH is 1. The van der Waals surface area contributed by atoms with Crippen LogP contribution in [0.25, 0.3) is 0 Å². The molecule has 0 bridgehead atoms. The summed E-state index contributed by atoms with van der Waals surface area (Å²) in [5.74, 6) is 0. The van der Waals surface area contributed by atoms with E-state index < -0.39 is 33.9 Å². The van der Waals surface area contributed by atoms with E-state index in [2.05, 4.69) is 112 Å². The fraction of sp³-hybridized carbons (Fsp3) is 0.514. The Labute approximate surface area is 275 Å². The topological polar surface area (TPSA) is 57.2 Å². The molecular weight excluding hydrogens is 591 g/mol. The summed E-state index contributed by atoms with van der Waals surface area (Å²) in [4.78, 5) is 0. The van der Waals surface area contributed by atoms with Gasteiger partial charge >= 0.3 is 0 Å². The normalized spacial score (nSPS) is 23.3. The number of hydrogen-bond donors (Lipinski definition) is 1. The van der Waals surface area contributed by atoms with Crippen LogP contribution in [0, 0.1) is 0 Å². The molecule has 0 saturated carbocycles. The standard InChI is InChI=1S/C37H55BO5Si2/c1-34(2,3)44(7,8)42-31-32(43-45(9,10)35(4,5)6)36(26-39,41-33(31)38)27-40-37(28-20-14-11-15-21-28,29-22-16-12-17-23-29)30-24-18-13-19-25-30/h11-25,31-33,39H,26-27,38H2,1-10H3/t31-,32+,33-,36+/m1/s1. The van der Waals surface area contributed by atoms with Crippen molar-refractivity contribution in [2.45, 2.75) is 107 Å². The third-order valence-electron chi connectivity index (χ3n) is 10.5. The highest BCUT2D eigenvalue weighted by Gasteiger charge is 2.60. The third kappa shape index (κ3) is 7.13. The molecule has 0 amide bonds. The lowest BCUT2D eigenvalue weighted by Gasteiger charge is -2.47. The summed E-state index contributed by atoms with van der Waals surface area (Å²) in [6.45, 7) is 22.4. The van der Waals surface area contributed by atoms with Crippen molar-refractivity contribution in [2.75, 3.05) is 13.2 Å². The van der Waals surface area contributed by atoms with Crippen LogP contribution in [-0.2, 0) is 23.9 Å². The molecule has 1 saturated heterocycles. The minimum atomic E-state index is -2.35. The molecule has 1 heterocycles. The zero-order valence-corrected chi connectivity index (χ0v) is 31.4. The second-order valence-electron chi connectivity index (χ2n) is 15.8. The zero-order valence-electron chi connectivity index (χ0n) is 29.4. The first-order chi connectivity index (χ1) is 20.9. The molecule has 3 aromatic rings. The Bertz CT molecular complexity index is 1280. The number of ether oxygens (including phenoxy) is 2. The molecule has 5 nitrogen and oxygen atoms in total. The second kappa shape index (κ2) is 13.2. The Hall–Kier alpha value is -2.04. The van der Waals surface area contributed by atoms with Crippen molar-refractivity contribution in [3.05, 3.63) is 108 Å². The van der Waals surface area contributed by atoms with Gasteiger partial charge in [-0.2, -0.15) is 0 Å². The Balaban J connectivity index is 1.87. The van der Waals surface area contributed by atoms with Gasteiger partial charge in [0.05, 0.1) is 25.3 Å². The highest BCUT2D eigenvalue weighted by atomic mass is 28.4. The van der Waals surface area contributed by atoms with Crippen LogP contribution in [0.15, 0.2) is 91.0 Å². The average Bonchev–Trinajstić information content (AvgIpc) is 3.23. The predicted molar refractivity (Wildman–Crippen MR) is 193 cm³/mol. The van der Waals surface area contributed by atoms with Gasteiger partial charge in [0, 0.05) is 0 Å². The molecule has 3 aromatic carbocycles. The lowest BCUT2D eigenvalue weighted by Crippen LogP contribution is -2.60. The van der Waals surface area contributed by atoms with Crippen LogP contribution in [0.3, 0.4) is 0 Å². The Kier molecular flexibility index (Phi) is 10.5.